The summed E-state index contributed by atoms with van der Waals surface area (Å²) in [7, 11) is 0. The Morgan fingerprint density at radius 2 is 1.68 bits per heavy atom. The summed E-state index contributed by atoms with van der Waals surface area (Å²) in [5, 5.41) is 2.80. The Hall–Kier alpha value is -3.67. The van der Waals surface area contributed by atoms with E-state index in [0.717, 1.165) is 11.3 Å². The molecule has 2 aromatic carbocycles. The Morgan fingerprint density at radius 3 is 2.32 bits per heavy atom. The molecule has 6 nitrogen and oxygen atoms in total. The van der Waals surface area contributed by atoms with Gasteiger partial charge >= 0.3 is 0 Å². The van der Waals surface area contributed by atoms with Crippen LogP contribution in [0.3, 0.4) is 0 Å². The Morgan fingerprint density at radius 1 is 0.964 bits per heavy atom. The number of carbonyl (C=O) groups excluding carboxylic acids is 2. The molecular formula is C22H21N3O3. The zero-order chi connectivity index (χ0) is 19.8. The summed E-state index contributed by atoms with van der Waals surface area (Å²) in [5.41, 5.74) is 1.50. The van der Waals surface area contributed by atoms with E-state index in [1.54, 1.807) is 42.7 Å². The van der Waals surface area contributed by atoms with Crippen LogP contribution in [0.15, 0.2) is 79.1 Å². The molecule has 0 aliphatic rings. The van der Waals surface area contributed by atoms with E-state index < -0.39 is 0 Å². The molecular weight excluding hydrogens is 354 g/mol. The van der Waals surface area contributed by atoms with Gasteiger partial charge in [0.2, 0.25) is 11.8 Å². The first-order chi connectivity index (χ1) is 13.6. The Balaban J connectivity index is 1.56. The third-order valence-electron chi connectivity index (χ3n) is 3.99. The van der Waals surface area contributed by atoms with Crippen molar-refractivity contribution in [2.24, 2.45) is 0 Å². The number of carbonyl (C=O) groups is 2. The molecule has 0 bridgehead atoms. The molecule has 2 amide bonds. The fourth-order valence-electron chi connectivity index (χ4n) is 2.60. The molecule has 0 unspecified atom stereocenters. The molecule has 142 valence electrons. The summed E-state index contributed by atoms with van der Waals surface area (Å²) in [5.74, 6) is 0.972. The van der Waals surface area contributed by atoms with E-state index in [1.807, 2.05) is 36.4 Å². The van der Waals surface area contributed by atoms with Crippen LogP contribution < -0.4 is 10.1 Å². The van der Waals surface area contributed by atoms with Gasteiger partial charge in [-0.2, -0.15) is 0 Å². The standard InChI is InChI=1S/C22H21N3O3/c1-17(26)25(15-18-6-5-13-23-14-18)16-22(27)24-19-9-11-21(12-10-19)28-20-7-3-2-4-8-20/h2-14H,15-16H2,1H3,(H,24,27). The number of pyridine rings is 1. The molecule has 3 rings (SSSR count). The van der Waals surface area contributed by atoms with Gasteiger partial charge < -0.3 is 15.0 Å². The van der Waals surface area contributed by atoms with Crippen molar-refractivity contribution in [2.75, 3.05) is 11.9 Å². The van der Waals surface area contributed by atoms with E-state index in [9.17, 15) is 9.59 Å². The van der Waals surface area contributed by atoms with Gasteiger partial charge in [0.1, 0.15) is 18.0 Å². The smallest absolute Gasteiger partial charge is 0.244 e. The van der Waals surface area contributed by atoms with E-state index in [2.05, 4.69) is 10.3 Å². The number of rotatable bonds is 7. The molecule has 1 N–H and O–H groups in total. The summed E-state index contributed by atoms with van der Waals surface area (Å²) in [6.07, 6.45) is 3.35. The van der Waals surface area contributed by atoms with Crippen LogP contribution in [-0.4, -0.2) is 28.2 Å². The average Bonchev–Trinajstić information content (AvgIpc) is 2.70. The van der Waals surface area contributed by atoms with Crippen LogP contribution in [-0.2, 0) is 16.1 Å². The topological polar surface area (TPSA) is 71.5 Å². The van der Waals surface area contributed by atoms with Gasteiger partial charge in [0.05, 0.1) is 0 Å². The van der Waals surface area contributed by atoms with Crippen LogP contribution in [0.25, 0.3) is 0 Å². The van der Waals surface area contributed by atoms with Crippen molar-refractivity contribution in [3.8, 4) is 11.5 Å². The largest absolute Gasteiger partial charge is 0.457 e. The number of para-hydroxylation sites is 1. The Bertz CT molecular complexity index is 913. The number of nitrogens with zero attached hydrogens (tertiary/aromatic N) is 2. The second kappa shape index (κ2) is 9.32. The number of amides is 2. The number of hydrogen-bond donors (Lipinski definition) is 1. The van der Waals surface area contributed by atoms with Crippen molar-refractivity contribution >= 4 is 17.5 Å². The molecule has 0 radical (unpaired) electrons. The highest BCUT2D eigenvalue weighted by atomic mass is 16.5. The number of hydrogen-bond acceptors (Lipinski definition) is 4. The summed E-state index contributed by atoms with van der Waals surface area (Å²) < 4.78 is 5.73. The third-order valence-corrected chi connectivity index (χ3v) is 3.99. The first-order valence-electron chi connectivity index (χ1n) is 8.87. The van der Waals surface area contributed by atoms with Gasteiger partial charge in [-0.3, -0.25) is 14.6 Å². The SMILES string of the molecule is CC(=O)N(CC(=O)Nc1ccc(Oc2ccccc2)cc1)Cc1cccnc1. The minimum atomic E-state index is -0.268. The van der Waals surface area contributed by atoms with E-state index >= 15 is 0 Å². The molecule has 0 aliphatic heterocycles. The second-order valence-electron chi connectivity index (χ2n) is 6.22. The van der Waals surface area contributed by atoms with Gasteiger partial charge in [0, 0.05) is 31.5 Å². The highest BCUT2D eigenvalue weighted by molar-refractivity contribution is 5.94. The van der Waals surface area contributed by atoms with E-state index in [4.69, 9.17) is 4.74 Å². The average molecular weight is 375 g/mol. The molecule has 1 heterocycles. The molecule has 0 aliphatic carbocycles. The van der Waals surface area contributed by atoms with Gasteiger partial charge in [-0.25, -0.2) is 0 Å². The van der Waals surface area contributed by atoms with Gasteiger partial charge in [-0.15, -0.1) is 0 Å². The lowest BCUT2D eigenvalue weighted by atomic mass is 10.2. The zero-order valence-corrected chi connectivity index (χ0v) is 15.5. The minimum Gasteiger partial charge on any atom is -0.457 e. The van der Waals surface area contributed by atoms with Crippen molar-refractivity contribution in [2.45, 2.75) is 13.5 Å². The maximum absolute atomic E-state index is 12.3. The summed E-state index contributed by atoms with van der Waals surface area (Å²) >= 11 is 0. The van der Waals surface area contributed by atoms with Gasteiger partial charge in [-0.05, 0) is 48.0 Å². The highest BCUT2D eigenvalue weighted by Gasteiger charge is 2.14. The summed E-state index contributed by atoms with van der Waals surface area (Å²) in [6, 6.07) is 20.2. The van der Waals surface area contributed by atoms with E-state index in [-0.39, 0.29) is 18.4 Å². The lowest BCUT2D eigenvalue weighted by molar-refractivity contribution is -0.133. The number of benzene rings is 2. The molecule has 3 aromatic rings. The van der Waals surface area contributed by atoms with Crippen LogP contribution in [0.1, 0.15) is 12.5 Å². The quantitative estimate of drug-likeness (QED) is 0.681. The molecule has 1 aromatic heterocycles. The maximum Gasteiger partial charge on any atom is 0.244 e. The molecule has 0 fully saturated rings. The molecule has 0 saturated carbocycles. The molecule has 0 atom stereocenters. The van der Waals surface area contributed by atoms with Gasteiger partial charge in [0.25, 0.3) is 0 Å². The van der Waals surface area contributed by atoms with Gasteiger partial charge in [0.15, 0.2) is 0 Å². The number of anilines is 1. The number of aromatic nitrogens is 1. The molecule has 6 heteroatoms. The first-order valence-corrected chi connectivity index (χ1v) is 8.87. The fraction of sp³-hybridized carbons (Fsp3) is 0.136. The second-order valence-corrected chi connectivity index (χ2v) is 6.22. The van der Waals surface area contributed by atoms with Crippen LogP contribution in [0, 0.1) is 0 Å². The summed E-state index contributed by atoms with van der Waals surface area (Å²) in [4.78, 5) is 29.7. The molecule has 28 heavy (non-hydrogen) atoms. The van der Waals surface area contributed by atoms with Crippen molar-refractivity contribution < 1.29 is 14.3 Å². The zero-order valence-electron chi connectivity index (χ0n) is 15.5. The first kappa shape index (κ1) is 19.1. The predicted molar refractivity (Wildman–Crippen MR) is 107 cm³/mol. The van der Waals surface area contributed by atoms with Gasteiger partial charge in [-0.1, -0.05) is 24.3 Å². The minimum absolute atomic E-state index is 0.0352. The monoisotopic (exact) mass is 375 g/mol. The van der Waals surface area contributed by atoms with Crippen molar-refractivity contribution in [1.29, 1.82) is 0 Å². The third kappa shape index (κ3) is 5.67. The maximum atomic E-state index is 12.3. The van der Waals surface area contributed by atoms with Crippen LogP contribution in [0.5, 0.6) is 11.5 Å². The lowest BCUT2D eigenvalue weighted by Gasteiger charge is -2.20. The highest BCUT2D eigenvalue weighted by Crippen LogP contribution is 2.22. The van der Waals surface area contributed by atoms with Crippen LogP contribution >= 0.6 is 0 Å². The Labute approximate surface area is 163 Å². The molecule has 0 spiro atoms. The van der Waals surface area contributed by atoms with E-state index in [1.165, 1.54) is 11.8 Å². The molecule has 0 saturated heterocycles. The Kier molecular flexibility index (Phi) is 6.36. The normalized spacial score (nSPS) is 10.2. The fourth-order valence-corrected chi connectivity index (χ4v) is 2.60. The van der Waals surface area contributed by atoms with Crippen molar-refractivity contribution in [3.05, 3.63) is 84.7 Å². The van der Waals surface area contributed by atoms with Crippen molar-refractivity contribution in [3.63, 3.8) is 0 Å². The van der Waals surface area contributed by atoms with Crippen LogP contribution in [0.4, 0.5) is 5.69 Å². The predicted octanol–water partition coefficient (Wildman–Crippen LogP) is 3.86. The lowest BCUT2D eigenvalue weighted by Crippen LogP contribution is -2.36. The number of ether oxygens (including phenoxy) is 1. The van der Waals surface area contributed by atoms with Crippen LogP contribution in [0.2, 0.25) is 0 Å². The summed E-state index contributed by atoms with van der Waals surface area (Å²) in [6.45, 7) is 1.74. The van der Waals surface area contributed by atoms with Crippen molar-refractivity contribution in [1.82, 2.24) is 9.88 Å². The van der Waals surface area contributed by atoms with E-state index in [0.29, 0.717) is 18.0 Å². The number of nitrogens with one attached hydrogen (secondary N) is 1.